The molecule has 0 unspecified atom stereocenters. The van der Waals surface area contributed by atoms with Gasteiger partial charge in [-0.25, -0.2) is 18.6 Å². The van der Waals surface area contributed by atoms with Crippen LogP contribution in [0.25, 0.3) is 23.5 Å². The Hall–Kier alpha value is -3.79. The molecule has 4 rings (SSSR count). The van der Waals surface area contributed by atoms with Crippen molar-refractivity contribution in [1.29, 1.82) is 0 Å². The molecule has 0 aliphatic heterocycles. The third-order valence-corrected chi connectivity index (χ3v) is 5.24. The fourth-order valence-corrected chi connectivity index (χ4v) is 3.62. The Morgan fingerprint density at radius 1 is 0.806 bits per heavy atom. The van der Waals surface area contributed by atoms with E-state index >= 15 is 0 Å². The van der Waals surface area contributed by atoms with Crippen LogP contribution < -0.4 is 33.8 Å². The van der Waals surface area contributed by atoms with Gasteiger partial charge in [-0.3, -0.25) is 0 Å². The number of nitrogens with zero attached hydrogens (tertiary/aromatic N) is 3. The molecular formula is C27H26ClN3O5. The third kappa shape index (κ3) is 7.35. The molecule has 36 heavy (non-hydrogen) atoms. The van der Waals surface area contributed by atoms with Crippen LogP contribution in [0.2, 0.25) is 0 Å². The Kier molecular flexibility index (Phi) is 8.76. The molecule has 0 saturated carbocycles. The molecular weight excluding hydrogens is 482 g/mol. The lowest BCUT2D eigenvalue weighted by Gasteiger charge is -2.17. The van der Waals surface area contributed by atoms with E-state index in [-0.39, 0.29) is 5.69 Å². The Morgan fingerprint density at radius 3 is 1.86 bits per heavy atom. The van der Waals surface area contributed by atoms with Crippen molar-refractivity contribution in [3.05, 3.63) is 118 Å². The van der Waals surface area contributed by atoms with Crippen molar-refractivity contribution in [2.75, 3.05) is 19.0 Å². The molecule has 0 atom stereocenters. The van der Waals surface area contributed by atoms with Gasteiger partial charge in [0.1, 0.15) is 22.8 Å². The number of aromatic nitrogens is 2. The largest absolute Gasteiger partial charge is 0.508 e. The Balaban J connectivity index is 0.000000658. The molecule has 1 heterocycles. The summed E-state index contributed by atoms with van der Waals surface area (Å²) in [5.41, 5.74) is 5.53. The summed E-state index contributed by atoms with van der Waals surface area (Å²) in [6, 6.07) is 29.9. The first-order chi connectivity index (χ1) is 17.0. The number of halogens is 1. The van der Waals surface area contributed by atoms with E-state index in [0.29, 0.717) is 0 Å². The van der Waals surface area contributed by atoms with E-state index in [2.05, 4.69) is 29.2 Å². The minimum atomic E-state index is -4.94. The van der Waals surface area contributed by atoms with Crippen molar-refractivity contribution < 1.29 is 33.4 Å². The van der Waals surface area contributed by atoms with Crippen molar-refractivity contribution in [3.8, 4) is 11.4 Å². The van der Waals surface area contributed by atoms with Crippen LogP contribution in [-0.4, -0.2) is 18.7 Å². The second-order valence-electron chi connectivity index (χ2n) is 8.03. The molecule has 0 aliphatic rings. The van der Waals surface area contributed by atoms with Crippen molar-refractivity contribution in [2.24, 2.45) is 0 Å². The lowest BCUT2D eigenvalue weighted by Crippen LogP contribution is -2.68. The first-order valence-corrected chi connectivity index (χ1v) is 12.1. The molecule has 4 aromatic rings. The quantitative estimate of drug-likeness (QED) is 0.348. The Bertz CT molecular complexity index is 1360. The monoisotopic (exact) mass is 507 g/mol. The number of hydrogen-bond donors (Lipinski definition) is 0. The summed E-state index contributed by atoms with van der Waals surface area (Å²) in [6.07, 6.45) is 4.04. The molecule has 9 heteroatoms. The zero-order chi connectivity index (χ0) is 26.3. The van der Waals surface area contributed by atoms with E-state index in [1.165, 1.54) is 0 Å². The Labute approximate surface area is 211 Å². The second kappa shape index (κ2) is 11.8. The minimum absolute atomic E-state index is 0.0972. The maximum absolute atomic E-state index is 13.6. The van der Waals surface area contributed by atoms with E-state index in [1.807, 2.05) is 99.9 Å². The molecule has 1 aromatic heterocycles. The number of anilines is 1. The summed E-state index contributed by atoms with van der Waals surface area (Å²) in [4.78, 5) is 15.7. The Morgan fingerprint density at radius 2 is 1.33 bits per heavy atom. The van der Waals surface area contributed by atoms with Crippen LogP contribution in [0.5, 0.6) is 0 Å². The molecule has 186 valence electrons. The van der Waals surface area contributed by atoms with Crippen LogP contribution in [-0.2, 0) is 0 Å². The molecule has 0 spiro atoms. The van der Waals surface area contributed by atoms with Gasteiger partial charge in [0, 0.05) is 25.8 Å². The molecule has 0 amide bonds. The fraction of sp³-hybridized carbons (Fsp3) is 0.111. The van der Waals surface area contributed by atoms with Crippen LogP contribution in [0.4, 0.5) is 5.69 Å². The van der Waals surface area contributed by atoms with E-state index in [9.17, 15) is 4.79 Å². The predicted molar refractivity (Wildman–Crippen MR) is 128 cm³/mol. The summed E-state index contributed by atoms with van der Waals surface area (Å²) in [5, 5.41) is 0. The number of rotatable bonds is 5. The third-order valence-electron chi connectivity index (χ3n) is 5.24. The molecule has 0 N–H and O–H groups in total. The normalized spacial score (nSPS) is 11.2. The van der Waals surface area contributed by atoms with Gasteiger partial charge in [-0.15, -0.1) is 10.2 Å². The highest BCUT2D eigenvalue weighted by atomic mass is 35.7. The van der Waals surface area contributed by atoms with Gasteiger partial charge in [-0.2, -0.15) is 13.9 Å². The van der Waals surface area contributed by atoms with Crippen LogP contribution in [0.1, 0.15) is 17.0 Å². The lowest BCUT2D eigenvalue weighted by atomic mass is 10.1. The highest BCUT2D eigenvalue weighted by molar-refractivity contribution is 5.68. The molecule has 0 radical (unpaired) electrons. The van der Waals surface area contributed by atoms with Crippen molar-refractivity contribution in [1.82, 2.24) is 4.57 Å². The number of benzene rings is 3. The molecule has 0 bridgehead atoms. The van der Waals surface area contributed by atoms with E-state index in [1.54, 1.807) is 9.13 Å². The molecule has 0 fully saturated rings. The number of aryl methyl sites for hydroxylation is 1. The van der Waals surface area contributed by atoms with E-state index in [0.717, 1.165) is 34.0 Å². The standard InChI is InChI=1S/C27H26N3O.ClHO4/c1-21-20-26(19-16-22-14-17-23(18-15-22)28(2)3)30(25-12-8-5-9-13-25)27(31)29(21)24-10-6-4-7-11-24;2-1(3,4)5/h4-20H,1-3H3;(H,2,3,4,5)/q+1;/p-1. The zero-order valence-electron chi connectivity index (χ0n) is 20.1. The van der Waals surface area contributed by atoms with Crippen molar-refractivity contribution in [2.45, 2.75) is 6.92 Å². The van der Waals surface area contributed by atoms with Crippen LogP contribution in [0.3, 0.4) is 0 Å². The summed E-state index contributed by atoms with van der Waals surface area (Å²) in [6.45, 7) is 1.97. The number of hydrogen-bond acceptors (Lipinski definition) is 6. The molecule has 8 nitrogen and oxygen atoms in total. The highest BCUT2D eigenvalue weighted by Crippen LogP contribution is 2.15. The lowest BCUT2D eigenvalue weighted by molar-refractivity contribution is -2.00. The minimum Gasteiger partial charge on any atom is -0.378 e. The first kappa shape index (κ1) is 26.8. The zero-order valence-corrected chi connectivity index (χ0v) is 20.8. The van der Waals surface area contributed by atoms with Gasteiger partial charge >= 0.3 is 5.69 Å². The van der Waals surface area contributed by atoms with Gasteiger partial charge in [-0.05, 0) is 55.0 Å². The molecule has 0 aliphatic carbocycles. The maximum atomic E-state index is 13.6. The predicted octanol–water partition coefficient (Wildman–Crippen LogP) is -0.0970. The summed E-state index contributed by atoms with van der Waals surface area (Å²) in [7, 11) is -0.893. The summed E-state index contributed by atoms with van der Waals surface area (Å²) >= 11 is 0. The van der Waals surface area contributed by atoms with E-state index < -0.39 is 10.2 Å². The second-order valence-corrected chi connectivity index (χ2v) is 8.79. The SMILES string of the molecule is Cc1cc(C=Cc2ccc(N(C)C)cc2)[n+](-c2ccccc2)c(=O)n1-c1ccccc1.[O-][Cl+3]([O-])([O-])[O-]. The summed E-state index contributed by atoms with van der Waals surface area (Å²) < 4.78 is 37.5. The van der Waals surface area contributed by atoms with Crippen LogP contribution in [0, 0.1) is 17.2 Å². The van der Waals surface area contributed by atoms with Crippen LogP contribution in [0.15, 0.2) is 95.8 Å². The van der Waals surface area contributed by atoms with Gasteiger partial charge in [0.15, 0.2) is 0 Å². The first-order valence-electron chi connectivity index (χ1n) is 10.9. The van der Waals surface area contributed by atoms with Gasteiger partial charge in [0.25, 0.3) is 0 Å². The van der Waals surface area contributed by atoms with Crippen molar-refractivity contribution >= 4 is 17.8 Å². The van der Waals surface area contributed by atoms with E-state index in [4.69, 9.17) is 18.6 Å². The smallest absolute Gasteiger partial charge is 0.378 e. The molecule has 3 aromatic carbocycles. The van der Waals surface area contributed by atoms with Gasteiger partial charge in [0.05, 0.1) is 0 Å². The number of para-hydroxylation sites is 2. The van der Waals surface area contributed by atoms with Gasteiger partial charge in [-0.1, -0.05) is 54.6 Å². The highest BCUT2D eigenvalue weighted by Gasteiger charge is 2.21. The maximum Gasteiger partial charge on any atom is 0.508 e. The van der Waals surface area contributed by atoms with Gasteiger partial charge in [0.2, 0.25) is 0 Å². The molecule has 0 saturated heterocycles. The van der Waals surface area contributed by atoms with Crippen molar-refractivity contribution in [3.63, 3.8) is 0 Å². The average molecular weight is 508 g/mol. The fourth-order valence-electron chi connectivity index (χ4n) is 3.62. The average Bonchev–Trinajstić information content (AvgIpc) is 2.83. The summed E-state index contributed by atoms with van der Waals surface area (Å²) in [5.74, 6) is 0. The van der Waals surface area contributed by atoms with Crippen LogP contribution >= 0.6 is 0 Å². The van der Waals surface area contributed by atoms with Gasteiger partial charge < -0.3 is 4.90 Å². The topological polar surface area (TPSA) is 121 Å².